The lowest BCUT2D eigenvalue weighted by Crippen LogP contribution is -2.20. The fraction of sp³-hybridized carbons (Fsp3) is 0.238. The Morgan fingerprint density at radius 2 is 2.00 bits per heavy atom. The van der Waals surface area contributed by atoms with Gasteiger partial charge in [-0.3, -0.25) is 14.7 Å². The van der Waals surface area contributed by atoms with E-state index in [1.54, 1.807) is 18.0 Å². The van der Waals surface area contributed by atoms with Crippen molar-refractivity contribution in [2.45, 2.75) is 24.9 Å². The van der Waals surface area contributed by atoms with Crippen LogP contribution in [0.15, 0.2) is 47.6 Å². The summed E-state index contributed by atoms with van der Waals surface area (Å²) in [5.74, 6) is 0.980. The van der Waals surface area contributed by atoms with Crippen molar-refractivity contribution in [3.63, 3.8) is 0 Å². The number of hydrogen-bond acceptors (Lipinski definition) is 5. The van der Waals surface area contributed by atoms with Crippen molar-refractivity contribution >= 4 is 29.1 Å². The summed E-state index contributed by atoms with van der Waals surface area (Å²) in [5.41, 5.74) is 4.63. The lowest BCUT2D eigenvalue weighted by Gasteiger charge is -2.10. The number of aryl methyl sites for hydroxylation is 1. The number of aromatic nitrogens is 3. The number of aromatic amines is 1. The van der Waals surface area contributed by atoms with Crippen molar-refractivity contribution < 1.29 is 9.59 Å². The van der Waals surface area contributed by atoms with Gasteiger partial charge in [-0.15, -0.1) is 5.10 Å². The topological polar surface area (TPSA) is 79.0 Å². The number of Topliss-reactive ketones (excluding diaryl/α,β-unsaturated/α-hetero) is 1. The highest BCUT2D eigenvalue weighted by Crippen LogP contribution is 2.29. The molecule has 4 rings (SSSR count). The Morgan fingerprint density at radius 1 is 1.21 bits per heavy atom. The second kappa shape index (κ2) is 7.59. The fourth-order valence-electron chi connectivity index (χ4n) is 3.20. The van der Waals surface area contributed by atoms with Crippen molar-refractivity contribution in [3.8, 4) is 11.4 Å². The molecular formula is C21H20N4O2S. The van der Waals surface area contributed by atoms with E-state index in [-0.39, 0.29) is 17.4 Å². The van der Waals surface area contributed by atoms with Gasteiger partial charge in [0.15, 0.2) is 11.6 Å². The van der Waals surface area contributed by atoms with Gasteiger partial charge in [-0.25, -0.2) is 4.98 Å². The molecule has 0 saturated heterocycles. The molecule has 1 aliphatic rings. The number of nitrogens with zero attached hydrogens (tertiary/aromatic N) is 3. The van der Waals surface area contributed by atoms with Crippen LogP contribution in [0.2, 0.25) is 0 Å². The van der Waals surface area contributed by atoms with E-state index in [4.69, 9.17) is 0 Å². The highest BCUT2D eigenvalue weighted by Gasteiger charge is 2.24. The molecule has 0 saturated carbocycles. The molecule has 0 unspecified atom stereocenters. The van der Waals surface area contributed by atoms with Crippen molar-refractivity contribution in [1.29, 1.82) is 0 Å². The Labute approximate surface area is 167 Å². The number of hydrogen-bond donors (Lipinski definition) is 1. The molecule has 2 heterocycles. The van der Waals surface area contributed by atoms with Crippen molar-refractivity contribution in [1.82, 2.24) is 15.2 Å². The molecule has 28 heavy (non-hydrogen) atoms. The maximum atomic E-state index is 12.5. The number of rotatable bonds is 6. The van der Waals surface area contributed by atoms with Gasteiger partial charge in [0.25, 0.3) is 0 Å². The van der Waals surface area contributed by atoms with Crippen LogP contribution in [0, 0.1) is 0 Å². The summed E-state index contributed by atoms with van der Waals surface area (Å²) in [6, 6.07) is 13.6. The van der Waals surface area contributed by atoms with Crippen LogP contribution in [-0.4, -0.2) is 39.7 Å². The lowest BCUT2D eigenvalue weighted by molar-refractivity contribution is -0.117. The predicted molar refractivity (Wildman–Crippen MR) is 110 cm³/mol. The summed E-state index contributed by atoms with van der Waals surface area (Å²) >= 11 is 1.30. The molecule has 1 N–H and O–H groups in total. The summed E-state index contributed by atoms with van der Waals surface area (Å²) in [4.78, 5) is 30.4. The molecule has 0 radical (unpaired) electrons. The Bertz CT molecular complexity index is 1040. The molecule has 6 nitrogen and oxygen atoms in total. The summed E-state index contributed by atoms with van der Waals surface area (Å²) < 4.78 is 0. The van der Waals surface area contributed by atoms with E-state index in [2.05, 4.69) is 34.2 Å². The number of thioether (sulfide) groups is 1. The van der Waals surface area contributed by atoms with E-state index in [0.29, 0.717) is 23.0 Å². The quantitative estimate of drug-likeness (QED) is 0.513. The minimum atomic E-state index is -0.00606. The zero-order valence-electron chi connectivity index (χ0n) is 15.7. The van der Waals surface area contributed by atoms with Crippen molar-refractivity contribution in [2.75, 3.05) is 17.7 Å². The zero-order valence-corrected chi connectivity index (χ0v) is 16.5. The first-order chi connectivity index (χ1) is 13.5. The first-order valence-electron chi connectivity index (χ1n) is 9.12. The van der Waals surface area contributed by atoms with Crippen LogP contribution >= 0.6 is 11.8 Å². The number of carbonyl (C=O) groups excluding carboxylic acids is 2. The first kappa shape index (κ1) is 18.4. The van der Waals surface area contributed by atoms with Crippen LogP contribution in [0.25, 0.3) is 11.4 Å². The smallest absolute Gasteiger partial charge is 0.231 e. The van der Waals surface area contributed by atoms with Gasteiger partial charge in [0.1, 0.15) is 0 Å². The molecule has 7 heteroatoms. The minimum Gasteiger partial charge on any atom is -0.315 e. The Kier molecular flexibility index (Phi) is 5.00. The molecule has 0 atom stereocenters. The van der Waals surface area contributed by atoms with Gasteiger partial charge in [-0.2, -0.15) is 0 Å². The first-order valence-corrected chi connectivity index (χ1v) is 10.1. The maximum Gasteiger partial charge on any atom is 0.231 e. The molecule has 0 aliphatic carbocycles. The van der Waals surface area contributed by atoms with E-state index >= 15 is 0 Å². The van der Waals surface area contributed by atoms with Crippen LogP contribution in [0.4, 0.5) is 5.69 Å². The number of ketones is 1. The van der Waals surface area contributed by atoms with Gasteiger partial charge < -0.3 is 4.90 Å². The van der Waals surface area contributed by atoms with Crippen molar-refractivity contribution in [2.24, 2.45) is 0 Å². The number of carbonyl (C=O) groups is 2. The average Bonchev–Trinajstić information content (AvgIpc) is 3.30. The van der Waals surface area contributed by atoms with Gasteiger partial charge in [0.2, 0.25) is 11.1 Å². The predicted octanol–water partition coefficient (Wildman–Crippen LogP) is 3.53. The number of amides is 1. The number of H-pyrrole nitrogens is 1. The Hall–Kier alpha value is -2.93. The number of benzene rings is 2. The molecule has 1 aliphatic heterocycles. The largest absolute Gasteiger partial charge is 0.315 e. The van der Waals surface area contributed by atoms with E-state index in [1.165, 1.54) is 17.3 Å². The molecule has 1 aromatic heterocycles. The van der Waals surface area contributed by atoms with Gasteiger partial charge >= 0.3 is 0 Å². The van der Waals surface area contributed by atoms with Gasteiger partial charge in [-0.1, -0.05) is 43.0 Å². The summed E-state index contributed by atoms with van der Waals surface area (Å²) in [7, 11) is 1.75. The van der Waals surface area contributed by atoms with E-state index in [0.717, 1.165) is 23.2 Å². The molecule has 0 spiro atoms. The molecular weight excluding hydrogens is 372 g/mol. The van der Waals surface area contributed by atoms with Crippen LogP contribution in [-0.2, 0) is 17.6 Å². The van der Waals surface area contributed by atoms with Crippen LogP contribution < -0.4 is 4.90 Å². The molecule has 0 bridgehead atoms. The third-order valence-corrected chi connectivity index (χ3v) is 5.76. The number of fused-ring (bicyclic) bond motifs is 1. The molecule has 2 aromatic carbocycles. The highest BCUT2D eigenvalue weighted by molar-refractivity contribution is 7.99. The number of nitrogens with one attached hydrogen (secondary N) is 1. The van der Waals surface area contributed by atoms with Crippen LogP contribution in [0.3, 0.4) is 0 Å². The zero-order chi connectivity index (χ0) is 19.7. The molecule has 0 fully saturated rings. The minimum absolute atomic E-state index is 0.00606. The third-order valence-electron chi connectivity index (χ3n) is 4.91. The second-order valence-corrected chi connectivity index (χ2v) is 7.64. The normalized spacial score (nSPS) is 13.1. The molecule has 142 valence electrons. The van der Waals surface area contributed by atoms with Gasteiger partial charge in [0, 0.05) is 23.9 Å². The number of likely N-dealkylation sites (N-methyl/N-ethyl adjacent to an activating group) is 1. The average molecular weight is 392 g/mol. The third kappa shape index (κ3) is 3.57. The van der Waals surface area contributed by atoms with Crippen LogP contribution in [0.5, 0.6) is 0 Å². The molecule has 3 aromatic rings. The van der Waals surface area contributed by atoms with E-state index in [9.17, 15) is 9.59 Å². The SMILES string of the molecule is CCc1ccc(-c2nc(SCC(=O)c3ccc4c(c3)CC(=O)N4C)n[nH]2)cc1. The monoisotopic (exact) mass is 392 g/mol. The summed E-state index contributed by atoms with van der Waals surface area (Å²) in [6.07, 6.45) is 1.34. The van der Waals surface area contributed by atoms with Gasteiger partial charge in [-0.05, 0) is 35.7 Å². The van der Waals surface area contributed by atoms with E-state index < -0.39 is 0 Å². The van der Waals surface area contributed by atoms with Gasteiger partial charge in [0.05, 0.1) is 12.2 Å². The summed E-state index contributed by atoms with van der Waals surface area (Å²) in [5, 5.41) is 7.67. The second-order valence-electron chi connectivity index (χ2n) is 6.70. The van der Waals surface area contributed by atoms with E-state index in [1.807, 2.05) is 24.3 Å². The maximum absolute atomic E-state index is 12.5. The Balaban J connectivity index is 1.41. The fourth-order valence-corrected chi connectivity index (χ4v) is 3.89. The summed E-state index contributed by atoms with van der Waals surface area (Å²) in [6.45, 7) is 2.12. The van der Waals surface area contributed by atoms with Crippen molar-refractivity contribution in [3.05, 3.63) is 59.2 Å². The molecule has 1 amide bonds. The Morgan fingerprint density at radius 3 is 2.75 bits per heavy atom. The number of anilines is 1. The standard InChI is InChI=1S/C21H20N4O2S/c1-3-13-4-6-14(7-5-13)20-22-21(24-23-20)28-12-18(26)15-8-9-17-16(10-15)11-19(27)25(17)2/h4-10H,3,11-12H2,1-2H3,(H,22,23,24). The van der Waals surface area contributed by atoms with Crippen LogP contribution in [0.1, 0.15) is 28.4 Å². The lowest BCUT2D eigenvalue weighted by atomic mass is 10.1. The highest BCUT2D eigenvalue weighted by atomic mass is 32.2.